The minimum absolute atomic E-state index is 0.198. The highest BCUT2D eigenvalue weighted by molar-refractivity contribution is 6.30. The number of hydrogen-bond donors (Lipinski definition) is 1. The zero-order valence-electron chi connectivity index (χ0n) is 24.0. The number of aromatic nitrogens is 6. The van der Waals surface area contributed by atoms with Crippen molar-refractivity contribution < 1.29 is 41.0 Å². The highest BCUT2D eigenvalue weighted by atomic mass is 35.5. The summed E-state index contributed by atoms with van der Waals surface area (Å²) >= 11 is 5.91. The molecule has 2 aromatic carbocycles. The van der Waals surface area contributed by atoms with Gasteiger partial charge in [-0.3, -0.25) is 9.36 Å². The fourth-order valence-corrected chi connectivity index (χ4v) is 5.35. The van der Waals surface area contributed by atoms with Crippen LogP contribution in [0.3, 0.4) is 0 Å². The van der Waals surface area contributed by atoms with Crippen LogP contribution < -0.4 is 5.69 Å². The molecule has 1 aliphatic heterocycles. The van der Waals surface area contributed by atoms with Crippen molar-refractivity contribution in [1.29, 1.82) is 0 Å². The van der Waals surface area contributed by atoms with Crippen molar-refractivity contribution in [1.82, 2.24) is 34.0 Å². The smallest absolute Gasteiger partial charge is 0.383 e. The molecule has 4 aromatic rings. The summed E-state index contributed by atoms with van der Waals surface area (Å²) in [5, 5.41) is 18.2. The highest BCUT2D eigenvalue weighted by Crippen LogP contribution is 2.36. The Bertz CT molecular complexity index is 1770. The number of nitrogens with zero attached hydrogens (tertiary/aromatic N) is 7. The van der Waals surface area contributed by atoms with Crippen molar-refractivity contribution in [2.45, 2.75) is 50.4 Å². The maximum absolute atomic E-state index is 14.2. The fraction of sp³-hybridized carbons (Fsp3) is 0.393. The van der Waals surface area contributed by atoms with E-state index in [2.05, 4.69) is 15.2 Å². The van der Waals surface area contributed by atoms with Crippen molar-refractivity contribution in [3.05, 3.63) is 81.3 Å². The molecule has 46 heavy (non-hydrogen) atoms. The second-order valence-corrected chi connectivity index (χ2v) is 10.9. The molecule has 2 aromatic heterocycles. The molecule has 11 nitrogen and oxygen atoms in total. The Morgan fingerprint density at radius 2 is 1.83 bits per heavy atom. The molecule has 2 atom stereocenters. The van der Waals surface area contributed by atoms with Gasteiger partial charge in [0.25, 0.3) is 5.91 Å². The summed E-state index contributed by atoms with van der Waals surface area (Å²) in [6, 6.07) is 8.46. The second kappa shape index (κ2) is 12.9. The normalized spacial score (nSPS) is 16.3. The summed E-state index contributed by atoms with van der Waals surface area (Å²) in [5.41, 5.74) is -2.92. The minimum Gasteiger partial charge on any atom is -0.383 e. The number of halogens is 7. The average molecular weight is 674 g/mol. The van der Waals surface area contributed by atoms with Gasteiger partial charge in [-0.25, -0.2) is 19.1 Å². The Morgan fingerprint density at radius 3 is 2.48 bits per heavy atom. The van der Waals surface area contributed by atoms with E-state index in [-0.39, 0.29) is 35.4 Å². The Kier molecular flexibility index (Phi) is 9.28. The van der Waals surface area contributed by atoms with Crippen molar-refractivity contribution in [2.75, 3.05) is 20.3 Å². The molecule has 1 N–H and O–H groups in total. The fourth-order valence-electron chi connectivity index (χ4n) is 5.22. The van der Waals surface area contributed by atoms with Crippen LogP contribution in [0.25, 0.3) is 17.1 Å². The van der Waals surface area contributed by atoms with Gasteiger partial charge in [0.15, 0.2) is 17.8 Å². The van der Waals surface area contributed by atoms with E-state index in [1.54, 1.807) is 0 Å². The number of hydrogen-bond acceptors (Lipinski definition) is 7. The van der Waals surface area contributed by atoms with Crippen molar-refractivity contribution in [3.63, 3.8) is 0 Å². The molecule has 18 heteroatoms. The molecule has 0 radical (unpaired) electrons. The quantitative estimate of drug-likeness (QED) is 0.265. The summed E-state index contributed by atoms with van der Waals surface area (Å²) < 4.78 is 89.5. The van der Waals surface area contributed by atoms with Crippen LogP contribution in [0.1, 0.15) is 34.6 Å². The third-order valence-corrected chi connectivity index (χ3v) is 7.64. The average Bonchev–Trinajstić information content (AvgIpc) is 3.73. The SMILES string of the molecule is COC[C@H]1CCCN1C(=O)c1cccc(C(F)(F)F)c1-n1cnc(Cn2nc(-c3ccc(Cl)cc3)n(CC(O)C(F)(F)F)c2=O)n1. The number of benzene rings is 2. The van der Waals surface area contributed by atoms with Crippen molar-refractivity contribution in [3.8, 4) is 17.1 Å². The van der Waals surface area contributed by atoms with Gasteiger partial charge in [0.05, 0.1) is 36.0 Å². The number of carbonyl (C=O) groups is 1. The number of aliphatic hydroxyl groups excluding tert-OH is 1. The van der Waals surface area contributed by atoms with Gasteiger partial charge in [-0.2, -0.15) is 26.3 Å². The summed E-state index contributed by atoms with van der Waals surface area (Å²) in [5.74, 6) is -1.14. The van der Waals surface area contributed by atoms with E-state index in [1.165, 1.54) is 42.3 Å². The van der Waals surface area contributed by atoms with Gasteiger partial charge in [-0.05, 0) is 49.2 Å². The van der Waals surface area contributed by atoms with Crippen LogP contribution in [-0.4, -0.2) is 83.6 Å². The summed E-state index contributed by atoms with van der Waals surface area (Å²) in [4.78, 5) is 32.2. The molecule has 0 saturated carbocycles. The van der Waals surface area contributed by atoms with E-state index in [9.17, 15) is 41.0 Å². The third kappa shape index (κ3) is 6.80. The van der Waals surface area contributed by atoms with Gasteiger partial charge in [-0.1, -0.05) is 17.7 Å². The maximum atomic E-state index is 14.2. The molecule has 3 heterocycles. The predicted molar refractivity (Wildman–Crippen MR) is 150 cm³/mol. The largest absolute Gasteiger partial charge is 0.418 e. The Labute approximate surface area is 261 Å². The molecular formula is C28H26ClF6N7O4. The number of para-hydroxylation sites is 1. The topological polar surface area (TPSA) is 120 Å². The van der Waals surface area contributed by atoms with Gasteiger partial charge in [0, 0.05) is 24.2 Å². The first-order chi connectivity index (χ1) is 21.7. The van der Waals surface area contributed by atoms with E-state index < -0.39 is 54.4 Å². The van der Waals surface area contributed by atoms with Crippen LogP contribution >= 0.6 is 11.6 Å². The van der Waals surface area contributed by atoms with Gasteiger partial charge in [0.2, 0.25) is 0 Å². The lowest BCUT2D eigenvalue weighted by Gasteiger charge is -2.26. The van der Waals surface area contributed by atoms with E-state index >= 15 is 0 Å². The molecule has 246 valence electrons. The van der Waals surface area contributed by atoms with Crippen LogP contribution in [0.15, 0.2) is 53.6 Å². The molecule has 1 amide bonds. The van der Waals surface area contributed by atoms with Gasteiger partial charge in [0.1, 0.15) is 12.9 Å². The van der Waals surface area contributed by atoms with Crippen LogP contribution in [0, 0.1) is 0 Å². The number of ether oxygens (including phenoxy) is 1. The van der Waals surface area contributed by atoms with Crippen LogP contribution in [-0.2, 0) is 24.0 Å². The molecule has 0 bridgehead atoms. The first kappa shape index (κ1) is 33.2. The van der Waals surface area contributed by atoms with Crippen LogP contribution in [0.2, 0.25) is 5.02 Å². The molecule has 1 fully saturated rings. The molecule has 0 spiro atoms. The van der Waals surface area contributed by atoms with E-state index in [1.807, 2.05) is 0 Å². The molecule has 0 aliphatic carbocycles. The summed E-state index contributed by atoms with van der Waals surface area (Å²) in [6.45, 7) is -1.24. The Balaban J connectivity index is 1.54. The first-order valence-electron chi connectivity index (χ1n) is 13.8. The number of methoxy groups -OCH3 is 1. The van der Waals surface area contributed by atoms with E-state index in [4.69, 9.17) is 16.3 Å². The van der Waals surface area contributed by atoms with E-state index in [0.29, 0.717) is 33.7 Å². The number of amides is 1. The Morgan fingerprint density at radius 1 is 1.11 bits per heavy atom. The number of carbonyl (C=O) groups excluding carboxylic acids is 1. The highest BCUT2D eigenvalue weighted by Gasteiger charge is 2.40. The summed E-state index contributed by atoms with van der Waals surface area (Å²) in [7, 11) is 1.46. The van der Waals surface area contributed by atoms with Gasteiger partial charge >= 0.3 is 18.0 Å². The lowest BCUT2D eigenvalue weighted by molar-refractivity contribution is -0.207. The van der Waals surface area contributed by atoms with Gasteiger partial charge in [-0.15, -0.1) is 10.2 Å². The van der Waals surface area contributed by atoms with Crippen molar-refractivity contribution >= 4 is 17.5 Å². The standard InChI is InChI=1S/C28H26ClF6N7O4/c1-46-14-18-4-3-11-39(18)25(44)19-5-2-6-20(27(30,31)32)23(19)42-15-36-22(37-42)13-41-26(45)40(12-21(43)28(33,34)35)24(38-41)16-7-9-17(29)10-8-16/h2,5-10,15,18,21,43H,3-4,11-14H2,1H3/t18-,21?/m1/s1. The van der Waals surface area contributed by atoms with Gasteiger partial charge < -0.3 is 14.7 Å². The molecule has 5 rings (SSSR count). The zero-order chi connectivity index (χ0) is 33.4. The predicted octanol–water partition coefficient (Wildman–Crippen LogP) is 4.19. The lowest BCUT2D eigenvalue weighted by Crippen LogP contribution is -2.38. The Hall–Kier alpha value is -4.22. The van der Waals surface area contributed by atoms with Crippen LogP contribution in [0.5, 0.6) is 0 Å². The van der Waals surface area contributed by atoms with E-state index in [0.717, 1.165) is 23.1 Å². The monoisotopic (exact) mass is 673 g/mol. The van der Waals surface area contributed by atoms with Crippen LogP contribution in [0.4, 0.5) is 26.3 Å². The number of aliphatic hydroxyl groups is 1. The molecule has 1 unspecified atom stereocenters. The zero-order valence-corrected chi connectivity index (χ0v) is 24.7. The lowest BCUT2D eigenvalue weighted by atomic mass is 10.0. The third-order valence-electron chi connectivity index (χ3n) is 7.39. The maximum Gasteiger partial charge on any atom is 0.418 e. The second-order valence-electron chi connectivity index (χ2n) is 10.5. The number of likely N-dealkylation sites (tertiary alicyclic amines) is 1. The number of alkyl halides is 6. The van der Waals surface area contributed by atoms with Crippen molar-refractivity contribution in [2.24, 2.45) is 0 Å². The molecule has 1 saturated heterocycles. The molecule has 1 aliphatic rings. The molecular weight excluding hydrogens is 648 g/mol. The first-order valence-corrected chi connectivity index (χ1v) is 14.2. The number of rotatable bonds is 9. The minimum atomic E-state index is -5.04. The summed E-state index contributed by atoms with van der Waals surface area (Å²) in [6.07, 6.45) is -10.7.